The van der Waals surface area contributed by atoms with E-state index in [1.54, 1.807) is 0 Å². The van der Waals surface area contributed by atoms with Gasteiger partial charge in [-0.15, -0.1) is 0 Å². The van der Waals surface area contributed by atoms with Gasteiger partial charge in [0, 0.05) is 24.2 Å². The maximum absolute atomic E-state index is 13.3. The standard InChI is InChI=1S/C13H18BrFN2O3S/c1-13(2-4-20-5-3-13)8-17-21(18,19)12-7-11(16)10(15)6-9(12)14/h6-7,17H,2-5,8,16H2,1H3. The molecule has 21 heavy (non-hydrogen) atoms. The molecule has 1 aliphatic rings. The monoisotopic (exact) mass is 380 g/mol. The zero-order valence-electron chi connectivity index (χ0n) is 11.7. The summed E-state index contributed by atoms with van der Waals surface area (Å²) in [4.78, 5) is -0.0583. The van der Waals surface area contributed by atoms with Crippen LogP contribution in [0.3, 0.4) is 0 Å². The molecule has 118 valence electrons. The molecule has 3 N–H and O–H groups in total. The summed E-state index contributed by atoms with van der Waals surface area (Å²) in [5, 5.41) is 0. The van der Waals surface area contributed by atoms with Crippen molar-refractivity contribution in [1.82, 2.24) is 4.72 Å². The molecule has 0 atom stereocenters. The van der Waals surface area contributed by atoms with Crippen LogP contribution in [0.1, 0.15) is 19.8 Å². The lowest BCUT2D eigenvalue weighted by Crippen LogP contribution is -2.39. The van der Waals surface area contributed by atoms with Gasteiger partial charge in [-0.25, -0.2) is 17.5 Å². The van der Waals surface area contributed by atoms with Gasteiger partial charge < -0.3 is 10.5 Å². The van der Waals surface area contributed by atoms with E-state index >= 15 is 0 Å². The first-order chi connectivity index (χ1) is 9.73. The van der Waals surface area contributed by atoms with Gasteiger partial charge in [0.15, 0.2) is 0 Å². The maximum Gasteiger partial charge on any atom is 0.241 e. The van der Waals surface area contributed by atoms with Crippen molar-refractivity contribution in [2.75, 3.05) is 25.5 Å². The zero-order chi connectivity index (χ0) is 15.7. The third-order valence-corrected chi connectivity index (χ3v) is 6.09. The Labute approximate surface area is 132 Å². The molecule has 1 aromatic rings. The van der Waals surface area contributed by atoms with E-state index < -0.39 is 15.8 Å². The molecule has 0 bridgehead atoms. The predicted molar refractivity (Wildman–Crippen MR) is 81.9 cm³/mol. The minimum Gasteiger partial charge on any atom is -0.396 e. The van der Waals surface area contributed by atoms with Crippen molar-refractivity contribution in [1.29, 1.82) is 0 Å². The van der Waals surface area contributed by atoms with Crippen LogP contribution in [0.5, 0.6) is 0 Å². The summed E-state index contributed by atoms with van der Waals surface area (Å²) < 4.78 is 46.0. The van der Waals surface area contributed by atoms with Gasteiger partial charge in [-0.1, -0.05) is 6.92 Å². The molecule has 0 aliphatic carbocycles. The number of anilines is 1. The van der Waals surface area contributed by atoms with E-state index in [4.69, 9.17) is 10.5 Å². The minimum absolute atomic E-state index is 0.0583. The van der Waals surface area contributed by atoms with Crippen LogP contribution in [0.2, 0.25) is 0 Å². The van der Waals surface area contributed by atoms with Crippen molar-refractivity contribution >= 4 is 31.6 Å². The van der Waals surface area contributed by atoms with Crippen LogP contribution in [0, 0.1) is 11.2 Å². The minimum atomic E-state index is -3.75. The van der Waals surface area contributed by atoms with Gasteiger partial charge in [0.1, 0.15) is 5.82 Å². The second-order valence-electron chi connectivity index (χ2n) is 5.55. The lowest BCUT2D eigenvalue weighted by molar-refractivity contribution is 0.0264. The number of nitrogen functional groups attached to an aromatic ring is 1. The molecular weight excluding hydrogens is 363 g/mol. The van der Waals surface area contributed by atoms with Crippen LogP contribution >= 0.6 is 15.9 Å². The van der Waals surface area contributed by atoms with Crippen LogP contribution in [0.4, 0.5) is 10.1 Å². The van der Waals surface area contributed by atoms with Gasteiger partial charge in [-0.05, 0) is 46.3 Å². The molecule has 1 fully saturated rings. The second kappa shape index (κ2) is 6.20. The van der Waals surface area contributed by atoms with Crippen molar-refractivity contribution in [2.45, 2.75) is 24.7 Å². The third-order valence-electron chi connectivity index (χ3n) is 3.73. The number of ether oxygens (including phenoxy) is 1. The molecule has 8 heteroatoms. The lowest BCUT2D eigenvalue weighted by Gasteiger charge is -2.33. The summed E-state index contributed by atoms with van der Waals surface area (Å²) in [5.41, 5.74) is 5.11. The largest absolute Gasteiger partial charge is 0.396 e. The van der Waals surface area contributed by atoms with Crippen molar-refractivity contribution in [3.8, 4) is 0 Å². The van der Waals surface area contributed by atoms with Gasteiger partial charge in [0.05, 0.1) is 10.6 Å². The molecule has 0 saturated carbocycles. The number of benzene rings is 1. The molecule has 0 amide bonds. The highest BCUT2D eigenvalue weighted by Crippen LogP contribution is 2.31. The van der Waals surface area contributed by atoms with E-state index in [2.05, 4.69) is 20.7 Å². The summed E-state index contributed by atoms with van der Waals surface area (Å²) in [6, 6.07) is 2.17. The summed E-state index contributed by atoms with van der Waals surface area (Å²) in [6.07, 6.45) is 1.59. The van der Waals surface area contributed by atoms with Gasteiger partial charge in [-0.2, -0.15) is 0 Å². The Morgan fingerprint density at radius 2 is 2.05 bits per heavy atom. The van der Waals surface area contributed by atoms with E-state index in [9.17, 15) is 12.8 Å². The maximum atomic E-state index is 13.3. The van der Waals surface area contributed by atoms with E-state index in [0.717, 1.165) is 25.0 Å². The van der Waals surface area contributed by atoms with Crippen molar-refractivity contribution in [2.24, 2.45) is 5.41 Å². The first kappa shape index (κ1) is 16.7. The van der Waals surface area contributed by atoms with Crippen LogP contribution in [0.15, 0.2) is 21.5 Å². The van der Waals surface area contributed by atoms with Crippen molar-refractivity contribution in [3.05, 3.63) is 22.4 Å². The van der Waals surface area contributed by atoms with Gasteiger partial charge in [0.2, 0.25) is 10.0 Å². The van der Waals surface area contributed by atoms with Crippen LogP contribution < -0.4 is 10.5 Å². The Hall–Kier alpha value is -0.700. The first-order valence-electron chi connectivity index (χ1n) is 6.55. The molecule has 2 rings (SSSR count). The zero-order valence-corrected chi connectivity index (χ0v) is 14.1. The molecule has 1 aliphatic heterocycles. The van der Waals surface area contributed by atoms with Crippen LogP contribution in [-0.4, -0.2) is 28.2 Å². The summed E-state index contributed by atoms with van der Waals surface area (Å²) >= 11 is 3.06. The fraction of sp³-hybridized carbons (Fsp3) is 0.538. The SMILES string of the molecule is CC1(CNS(=O)(=O)c2cc(N)c(F)cc2Br)CCOCC1. The molecule has 1 heterocycles. The smallest absolute Gasteiger partial charge is 0.241 e. The van der Waals surface area contributed by atoms with E-state index in [0.29, 0.717) is 19.8 Å². The highest BCUT2D eigenvalue weighted by atomic mass is 79.9. The number of hydrogen-bond acceptors (Lipinski definition) is 4. The normalized spacial score (nSPS) is 18.6. The fourth-order valence-electron chi connectivity index (χ4n) is 2.14. The number of rotatable bonds is 4. The first-order valence-corrected chi connectivity index (χ1v) is 8.83. The Kier molecular flexibility index (Phi) is 4.92. The highest BCUT2D eigenvalue weighted by Gasteiger charge is 2.30. The molecule has 0 unspecified atom stereocenters. The van der Waals surface area contributed by atoms with Gasteiger partial charge in [-0.3, -0.25) is 0 Å². The molecule has 5 nitrogen and oxygen atoms in total. The average Bonchev–Trinajstić information content (AvgIpc) is 2.42. The Morgan fingerprint density at radius 3 is 2.67 bits per heavy atom. The van der Waals surface area contributed by atoms with Gasteiger partial charge in [0.25, 0.3) is 0 Å². The number of sulfonamides is 1. The molecule has 0 aromatic heterocycles. The van der Waals surface area contributed by atoms with Crippen molar-refractivity contribution < 1.29 is 17.5 Å². The molecule has 1 aromatic carbocycles. The third kappa shape index (κ3) is 3.94. The van der Waals surface area contributed by atoms with Crippen molar-refractivity contribution in [3.63, 3.8) is 0 Å². The Bertz CT molecular complexity index is 631. The summed E-state index contributed by atoms with van der Waals surface area (Å²) in [7, 11) is -3.75. The summed E-state index contributed by atoms with van der Waals surface area (Å²) in [5.74, 6) is -0.655. The lowest BCUT2D eigenvalue weighted by atomic mass is 9.83. The second-order valence-corrected chi connectivity index (χ2v) is 8.14. The van der Waals surface area contributed by atoms with Gasteiger partial charge >= 0.3 is 0 Å². The summed E-state index contributed by atoms with van der Waals surface area (Å²) in [6.45, 7) is 3.59. The molecule has 0 spiro atoms. The number of hydrogen-bond donors (Lipinski definition) is 2. The topological polar surface area (TPSA) is 81.4 Å². The number of nitrogens with two attached hydrogens (primary N) is 1. The molecule has 0 radical (unpaired) electrons. The number of nitrogens with one attached hydrogen (secondary N) is 1. The van der Waals surface area contributed by atoms with E-state index in [-0.39, 0.29) is 20.5 Å². The highest BCUT2D eigenvalue weighted by molar-refractivity contribution is 9.10. The predicted octanol–water partition coefficient (Wildman–Crippen LogP) is 2.27. The average molecular weight is 381 g/mol. The Morgan fingerprint density at radius 1 is 1.43 bits per heavy atom. The Balaban J connectivity index is 2.17. The van der Waals surface area contributed by atoms with E-state index in [1.165, 1.54) is 0 Å². The molecule has 1 saturated heterocycles. The fourth-order valence-corrected chi connectivity index (χ4v) is 4.39. The molecular formula is C13H18BrFN2O3S. The number of halogens is 2. The van der Waals surface area contributed by atoms with E-state index in [1.807, 2.05) is 6.92 Å². The van der Waals surface area contributed by atoms with Crippen LogP contribution in [0.25, 0.3) is 0 Å². The quantitative estimate of drug-likeness (QED) is 0.784. The van der Waals surface area contributed by atoms with Crippen LogP contribution in [-0.2, 0) is 14.8 Å².